The second kappa shape index (κ2) is 6.17. The monoisotopic (exact) mass is 324 g/mol. The Kier molecular flexibility index (Phi) is 4.56. The van der Waals surface area contributed by atoms with Gasteiger partial charge in [0.25, 0.3) is 0 Å². The van der Waals surface area contributed by atoms with Crippen LogP contribution in [0.4, 0.5) is 4.39 Å². The number of halogens is 2. The molecule has 0 aliphatic heterocycles. The van der Waals surface area contributed by atoms with Gasteiger partial charge in [-0.25, -0.2) is 4.39 Å². The Morgan fingerprint density at radius 3 is 2.53 bits per heavy atom. The highest BCUT2D eigenvalue weighted by Gasteiger charge is 2.13. The van der Waals surface area contributed by atoms with E-state index in [0.29, 0.717) is 12.2 Å². The van der Waals surface area contributed by atoms with E-state index in [-0.39, 0.29) is 5.82 Å². The summed E-state index contributed by atoms with van der Waals surface area (Å²) in [5, 5.41) is 10.3. The highest BCUT2D eigenvalue weighted by atomic mass is 79.9. The molecule has 0 spiro atoms. The second-order valence-electron chi connectivity index (χ2n) is 4.23. The van der Waals surface area contributed by atoms with Gasteiger partial charge in [-0.3, -0.25) is 0 Å². The van der Waals surface area contributed by atoms with Gasteiger partial charge < -0.3 is 9.84 Å². The number of hydrogen-bond acceptors (Lipinski definition) is 2. The predicted molar refractivity (Wildman–Crippen MR) is 75.8 cm³/mol. The van der Waals surface area contributed by atoms with Crippen LogP contribution in [0, 0.1) is 5.82 Å². The van der Waals surface area contributed by atoms with Crippen molar-refractivity contribution in [3.63, 3.8) is 0 Å². The summed E-state index contributed by atoms with van der Waals surface area (Å²) in [5.74, 6) is 0.414. The Morgan fingerprint density at radius 2 is 1.89 bits per heavy atom. The lowest BCUT2D eigenvalue weighted by Crippen LogP contribution is -2.03. The minimum absolute atomic E-state index is 0.277. The Morgan fingerprint density at radius 1 is 1.21 bits per heavy atom. The number of methoxy groups -OCH3 is 1. The molecule has 4 heteroatoms. The van der Waals surface area contributed by atoms with E-state index < -0.39 is 6.10 Å². The fourth-order valence-electron chi connectivity index (χ4n) is 1.86. The van der Waals surface area contributed by atoms with Crippen LogP contribution in [0.5, 0.6) is 5.75 Å². The van der Waals surface area contributed by atoms with Crippen molar-refractivity contribution in [3.05, 3.63) is 63.9 Å². The van der Waals surface area contributed by atoms with Gasteiger partial charge in [0.1, 0.15) is 11.6 Å². The number of ether oxygens (including phenoxy) is 1. The van der Waals surface area contributed by atoms with Gasteiger partial charge in [0.15, 0.2) is 0 Å². The van der Waals surface area contributed by atoms with Crippen LogP contribution in [0.1, 0.15) is 17.2 Å². The molecule has 0 amide bonds. The fourth-order valence-corrected chi connectivity index (χ4v) is 2.37. The van der Waals surface area contributed by atoms with E-state index in [4.69, 9.17) is 4.74 Å². The highest BCUT2D eigenvalue weighted by Crippen LogP contribution is 2.29. The van der Waals surface area contributed by atoms with Crippen molar-refractivity contribution in [2.24, 2.45) is 0 Å². The summed E-state index contributed by atoms with van der Waals surface area (Å²) in [6.07, 6.45) is -0.249. The molecule has 19 heavy (non-hydrogen) atoms. The van der Waals surface area contributed by atoms with E-state index in [0.717, 1.165) is 15.6 Å². The Balaban J connectivity index is 2.19. The van der Waals surface area contributed by atoms with Gasteiger partial charge in [-0.05, 0) is 41.5 Å². The topological polar surface area (TPSA) is 29.5 Å². The fraction of sp³-hybridized carbons (Fsp3) is 0.200. The molecule has 1 unspecified atom stereocenters. The molecule has 2 rings (SSSR count). The third-order valence-electron chi connectivity index (χ3n) is 2.90. The second-order valence-corrected chi connectivity index (χ2v) is 5.09. The summed E-state index contributed by atoms with van der Waals surface area (Å²) < 4.78 is 18.8. The molecule has 0 aromatic heterocycles. The molecule has 100 valence electrons. The number of aliphatic hydroxyl groups excluding tert-OH is 1. The lowest BCUT2D eigenvalue weighted by molar-refractivity contribution is 0.177. The number of aliphatic hydroxyl groups is 1. The van der Waals surface area contributed by atoms with Crippen LogP contribution in [0.2, 0.25) is 0 Å². The van der Waals surface area contributed by atoms with Crippen LogP contribution in [0.25, 0.3) is 0 Å². The van der Waals surface area contributed by atoms with E-state index in [1.807, 2.05) is 12.1 Å². The Labute approximate surface area is 120 Å². The molecule has 0 aliphatic carbocycles. The van der Waals surface area contributed by atoms with Crippen LogP contribution in [0.3, 0.4) is 0 Å². The van der Waals surface area contributed by atoms with Crippen molar-refractivity contribution >= 4 is 15.9 Å². The van der Waals surface area contributed by atoms with Crippen LogP contribution < -0.4 is 4.74 Å². The first-order valence-electron chi connectivity index (χ1n) is 5.86. The quantitative estimate of drug-likeness (QED) is 0.925. The molecule has 2 nitrogen and oxygen atoms in total. The number of hydrogen-bond donors (Lipinski definition) is 1. The average Bonchev–Trinajstić information content (AvgIpc) is 2.42. The zero-order valence-electron chi connectivity index (χ0n) is 10.4. The van der Waals surface area contributed by atoms with Gasteiger partial charge in [0.2, 0.25) is 0 Å². The summed E-state index contributed by atoms with van der Waals surface area (Å²) in [6, 6.07) is 11.6. The number of benzene rings is 2. The van der Waals surface area contributed by atoms with E-state index in [1.54, 1.807) is 25.3 Å². The lowest BCUT2D eigenvalue weighted by Gasteiger charge is -2.14. The minimum atomic E-state index is -0.671. The maximum absolute atomic E-state index is 12.8. The molecule has 1 atom stereocenters. The van der Waals surface area contributed by atoms with Crippen molar-refractivity contribution in [1.29, 1.82) is 0 Å². The van der Waals surface area contributed by atoms with E-state index in [2.05, 4.69) is 15.9 Å². The largest absolute Gasteiger partial charge is 0.497 e. The van der Waals surface area contributed by atoms with E-state index in [1.165, 1.54) is 12.1 Å². The summed E-state index contributed by atoms with van der Waals surface area (Å²) in [5.41, 5.74) is 1.63. The molecular weight excluding hydrogens is 311 g/mol. The summed E-state index contributed by atoms with van der Waals surface area (Å²) in [6.45, 7) is 0. The SMILES string of the molecule is COc1ccc(Br)c(C(O)Cc2ccc(F)cc2)c1. The van der Waals surface area contributed by atoms with Crippen molar-refractivity contribution in [1.82, 2.24) is 0 Å². The lowest BCUT2D eigenvalue weighted by atomic mass is 10.0. The third kappa shape index (κ3) is 3.55. The molecular formula is C15H14BrFO2. The predicted octanol–water partition coefficient (Wildman–Crippen LogP) is 3.87. The maximum Gasteiger partial charge on any atom is 0.123 e. The molecule has 2 aromatic rings. The molecule has 0 radical (unpaired) electrons. The van der Waals surface area contributed by atoms with E-state index in [9.17, 15) is 9.50 Å². The first kappa shape index (κ1) is 14.0. The van der Waals surface area contributed by atoms with Gasteiger partial charge in [0.05, 0.1) is 13.2 Å². The smallest absolute Gasteiger partial charge is 0.123 e. The van der Waals surface area contributed by atoms with E-state index >= 15 is 0 Å². The standard InChI is InChI=1S/C15H14BrFO2/c1-19-12-6-7-14(16)13(9-12)15(18)8-10-2-4-11(17)5-3-10/h2-7,9,15,18H,8H2,1H3. The Hall–Kier alpha value is -1.39. The summed E-state index contributed by atoms with van der Waals surface area (Å²) in [4.78, 5) is 0. The van der Waals surface area contributed by atoms with Gasteiger partial charge in [-0.1, -0.05) is 28.1 Å². The Bertz CT molecular complexity index is 555. The molecule has 0 aliphatic rings. The summed E-state index contributed by atoms with van der Waals surface area (Å²) >= 11 is 3.41. The first-order chi connectivity index (χ1) is 9.10. The van der Waals surface area contributed by atoms with Crippen molar-refractivity contribution in [3.8, 4) is 5.75 Å². The van der Waals surface area contributed by atoms with Crippen LogP contribution in [-0.2, 0) is 6.42 Å². The van der Waals surface area contributed by atoms with Crippen molar-refractivity contribution in [2.45, 2.75) is 12.5 Å². The van der Waals surface area contributed by atoms with Gasteiger partial charge in [0, 0.05) is 10.9 Å². The third-order valence-corrected chi connectivity index (χ3v) is 3.63. The molecule has 0 saturated carbocycles. The van der Waals surface area contributed by atoms with Crippen LogP contribution in [-0.4, -0.2) is 12.2 Å². The van der Waals surface area contributed by atoms with Gasteiger partial charge in [-0.2, -0.15) is 0 Å². The zero-order valence-corrected chi connectivity index (χ0v) is 12.0. The normalized spacial score (nSPS) is 12.2. The van der Waals surface area contributed by atoms with Crippen molar-refractivity contribution in [2.75, 3.05) is 7.11 Å². The number of rotatable bonds is 4. The maximum atomic E-state index is 12.8. The molecule has 0 fully saturated rings. The van der Waals surface area contributed by atoms with Gasteiger partial charge in [-0.15, -0.1) is 0 Å². The van der Waals surface area contributed by atoms with Crippen LogP contribution >= 0.6 is 15.9 Å². The molecule has 0 saturated heterocycles. The molecule has 2 aromatic carbocycles. The highest BCUT2D eigenvalue weighted by molar-refractivity contribution is 9.10. The van der Waals surface area contributed by atoms with Gasteiger partial charge >= 0.3 is 0 Å². The minimum Gasteiger partial charge on any atom is -0.497 e. The summed E-state index contributed by atoms with van der Waals surface area (Å²) in [7, 11) is 1.58. The zero-order chi connectivity index (χ0) is 13.8. The molecule has 1 N–H and O–H groups in total. The first-order valence-corrected chi connectivity index (χ1v) is 6.65. The molecule has 0 bridgehead atoms. The van der Waals surface area contributed by atoms with Crippen LogP contribution in [0.15, 0.2) is 46.9 Å². The average molecular weight is 325 g/mol. The molecule has 0 heterocycles. The van der Waals surface area contributed by atoms with Crippen molar-refractivity contribution < 1.29 is 14.2 Å².